The number of carboxylic acids is 1. The number of hydrogen-bond acceptors (Lipinski definition) is 3. The summed E-state index contributed by atoms with van der Waals surface area (Å²) in [7, 11) is 0. The molecule has 2 rings (SSSR count). The number of rotatable bonds is 3. The molecule has 0 aliphatic heterocycles. The van der Waals surface area contributed by atoms with Gasteiger partial charge in [0.1, 0.15) is 5.69 Å². The van der Waals surface area contributed by atoms with Crippen LogP contribution in [0.4, 0.5) is 0 Å². The Morgan fingerprint density at radius 2 is 2.11 bits per heavy atom. The summed E-state index contributed by atoms with van der Waals surface area (Å²) in [6, 6.07) is 7.31. The van der Waals surface area contributed by atoms with Gasteiger partial charge >= 0.3 is 5.97 Å². The van der Waals surface area contributed by atoms with Crippen molar-refractivity contribution in [3.63, 3.8) is 0 Å². The number of aromatic nitrogens is 1. The Morgan fingerprint density at radius 1 is 1.39 bits per heavy atom. The lowest BCUT2D eigenvalue weighted by molar-refractivity contribution is 0.0652. The van der Waals surface area contributed by atoms with E-state index in [9.17, 15) is 4.79 Å². The number of halogens is 1. The van der Waals surface area contributed by atoms with E-state index in [2.05, 4.69) is 34.9 Å². The van der Waals surface area contributed by atoms with E-state index in [-0.39, 0.29) is 5.76 Å². The molecule has 0 aliphatic carbocycles. The third-order valence-corrected chi connectivity index (χ3v) is 3.13. The summed E-state index contributed by atoms with van der Waals surface area (Å²) in [4.78, 5) is 10.8. The lowest BCUT2D eigenvalue weighted by Gasteiger charge is -2.10. The van der Waals surface area contributed by atoms with Crippen LogP contribution in [0.5, 0.6) is 0 Å². The first-order valence-electron chi connectivity index (χ1n) is 5.49. The van der Waals surface area contributed by atoms with Gasteiger partial charge in [-0.25, -0.2) is 4.79 Å². The number of benzene rings is 1. The van der Waals surface area contributed by atoms with Gasteiger partial charge in [-0.05, 0) is 23.6 Å². The van der Waals surface area contributed by atoms with Crippen LogP contribution in [0.1, 0.15) is 35.9 Å². The van der Waals surface area contributed by atoms with Crippen LogP contribution in [0, 0.1) is 0 Å². The van der Waals surface area contributed by atoms with Crippen molar-refractivity contribution in [2.24, 2.45) is 0 Å². The number of carboxylic acid groups (broad SMARTS) is 1. The van der Waals surface area contributed by atoms with Gasteiger partial charge in [-0.15, -0.1) is 0 Å². The van der Waals surface area contributed by atoms with E-state index in [4.69, 9.17) is 9.63 Å². The van der Waals surface area contributed by atoms with Gasteiger partial charge in [-0.2, -0.15) is 0 Å². The average Bonchev–Trinajstić information content (AvgIpc) is 2.77. The van der Waals surface area contributed by atoms with Crippen molar-refractivity contribution in [2.45, 2.75) is 19.8 Å². The molecule has 0 atom stereocenters. The fourth-order valence-electron chi connectivity index (χ4n) is 1.76. The molecule has 94 valence electrons. The Labute approximate surface area is 113 Å². The van der Waals surface area contributed by atoms with Crippen LogP contribution in [0.25, 0.3) is 11.3 Å². The predicted octanol–water partition coefficient (Wildman–Crippen LogP) is 3.93. The molecule has 1 aromatic heterocycles. The predicted molar refractivity (Wildman–Crippen MR) is 70.7 cm³/mol. The molecule has 0 unspecified atom stereocenters. The molecular formula is C13H12BrNO3. The van der Waals surface area contributed by atoms with E-state index < -0.39 is 5.97 Å². The molecule has 0 aliphatic rings. The van der Waals surface area contributed by atoms with Crippen molar-refractivity contribution >= 4 is 21.9 Å². The highest BCUT2D eigenvalue weighted by Gasteiger charge is 2.16. The summed E-state index contributed by atoms with van der Waals surface area (Å²) in [6.07, 6.45) is 0. The van der Waals surface area contributed by atoms with E-state index in [1.807, 2.05) is 18.2 Å². The Hall–Kier alpha value is -1.62. The van der Waals surface area contributed by atoms with Crippen molar-refractivity contribution in [3.05, 3.63) is 40.1 Å². The third-order valence-electron chi connectivity index (χ3n) is 2.63. The molecule has 2 aromatic rings. The first-order chi connectivity index (χ1) is 8.49. The van der Waals surface area contributed by atoms with Gasteiger partial charge in [0.25, 0.3) is 0 Å². The molecule has 0 amide bonds. The van der Waals surface area contributed by atoms with Crippen LogP contribution < -0.4 is 0 Å². The second kappa shape index (κ2) is 4.94. The summed E-state index contributed by atoms with van der Waals surface area (Å²) in [6.45, 7) is 4.15. The normalized spacial score (nSPS) is 10.9. The van der Waals surface area contributed by atoms with Gasteiger partial charge in [0.05, 0.1) is 0 Å². The summed E-state index contributed by atoms with van der Waals surface area (Å²) in [5, 5.41) is 12.7. The number of hydrogen-bond donors (Lipinski definition) is 1. The smallest absolute Gasteiger partial charge is 0.374 e. The quantitative estimate of drug-likeness (QED) is 0.933. The Morgan fingerprint density at radius 3 is 2.67 bits per heavy atom. The lowest BCUT2D eigenvalue weighted by atomic mass is 9.95. The zero-order valence-corrected chi connectivity index (χ0v) is 11.6. The second-order valence-corrected chi connectivity index (χ2v) is 5.18. The number of aromatic carboxylic acids is 1. The van der Waals surface area contributed by atoms with Crippen molar-refractivity contribution in [2.75, 3.05) is 0 Å². The molecule has 0 bridgehead atoms. The maximum absolute atomic E-state index is 10.8. The highest BCUT2D eigenvalue weighted by molar-refractivity contribution is 9.10. The Balaban J connectivity index is 2.54. The van der Waals surface area contributed by atoms with Gasteiger partial charge < -0.3 is 9.63 Å². The molecule has 0 saturated carbocycles. The van der Waals surface area contributed by atoms with E-state index in [0.29, 0.717) is 11.6 Å². The fourth-order valence-corrected chi connectivity index (χ4v) is 2.12. The SMILES string of the molecule is CC(C)c1ccc(Br)cc1-c1cc(C(=O)O)on1. The van der Waals surface area contributed by atoms with Crippen LogP contribution in [0.2, 0.25) is 0 Å². The highest BCUT2D eigenvalue weighted by Crippen LogP contribution is 2.31. The molecule has 0 saturated heterocycles. The Bertz CT molecular complexity index is 590. The molecule has 18 heavy (non-hydrogen) atoms. The van der Waals surface area contributed by atoms with Crippen LogP contribution >= 0.6 is 15.9 Å². The second-order valence-electron chi connectivity index (χ2n) is 4.27. The molecule has 5 heteroatoms. The minimum absolute atomic E-state index is 0.153. The van der Waals surface area contributed by atoms with Gasteiger partial charge in [0, 0.05) is 16.1 Å². The van der Waals surface area contributed by atoms with Crippen molar-refractivity contribution < 1.29 is 14.4 Å². The fraction of sp³-hybridized carbons (Fsp3) is 0.231. The van der Waals surface area contributed by atoms with Crippen LogP contribution in [-0.2, 0) is 0 Å². The van der Waals surface area contributed by atoms with Crippen molar-refractivity contribution in [1.29, 1.82) is 0 Å². The first-order valence-corrected chi connectivity index (χ1v) is 6.28. The number of carbonyl (C=O) groups is 1. The molecule has 0 spiro atoms. The van der Waals surface area contributed by atoms with E-state index in [0.717, 1.165) is 15.6 Å². The molecule has 0 fully saturated rings. The Kier molecular flexibility index (Phi) is 3.52. The van der Waals surface area contributed by atoms with Crippen molar-refractivity contribution in [3.8, 4) is 11.3 Å². The molecular weight excluding hydrogens is 298 g/mol. The van der Waals surface area contributed by atoms with E-state index in [1.54, 1.807) is 0 Å². The van der Waals surface area contributed by atoms with Gasteiger partial charge in [-0.1, -0.05) is 41.0 Å². The van der Waals surface area contributed by atoms with Crippen LogP contribution in [0.3, 0.4) is 0 Å². The first kappa shape index (κ1) is 12.8. The van der Waals surface area contributed by atoms with Gasteiger partial charge in [0.15, 0.2) is 0 Å². The van der Waals surface area contributed by atoms with E-state index in [1.165, 1.54) is 6.07 Å². The van der Waals surface area contributed by atoms with E-state index >= 15 is 0 Å². The summed E-state index contributed by atoms with van der Waals surface area (Å²) in [5.74, 6) is -0.951. The molecule has 1 heterocycles. The highest BCUT2D eigenvalue weighted by atomic mass is 79.9. The minimum atomic E-state index is -1.12. The zero-order valence-electron chi connectivity index (χ0n) is 9.98. The molecule has 4 nitrogen and oxygen atoms in total. The maximum atomic E-state index is 10.8. The van der Waals surface area contributed by atoms with Crippen LogP contribution in [0.15, 0.2) is 33.3 Å². The molecule has 1 N–H and O–H groups in total. The minimum Gasteiger partial charge on any atom is -0.475 e. The monoisotopic (exact) mass is 309 g/mol. The maximum Gasteiger partial charge on any atom is 0.374 e. The standard InChI is InChI=1S/C13H12BrNO3/c1-7(2)9-4-3-8(14)5-10(9)11-6-12(13(16)17)18-15-11/h3-7H,1-2H3,(H,16,17). The largest absolute Gasteiger partial charge is 0.475 e. The summed E-state index contributed by atoms with van der Waals surface area (Å²) >= 11 is 3.40. The molecule has 0 radical (unpaired) electrons. The topological polar surface area (TPSA) is 63.3 Å². The van der Waals surface area contributed by atoms with Gasteiger partial charge in [0.2, 0.25) is 5.76 Å². The molecule has 1 aromatic carbocycles. The van der Waals surface area contributed by atoms with Gasteiger partial charge in [-0.3, -0.25) is 0 Å². The van der Waals surface area contributed by atoms with Crippen molar-refractivity contribution in [1.82, 2.24) is 5.16 Å². The lowest BCUT2D eigenvalue weighted by Crippen LogP contribution is -1.93. The summed E-state index contributed by atoms with van der Waals surface area (Å²) < 4.78 is 5.71. The summed E-state index contributed by atoms with van der Waals surface area (Å²) in [5.41, 5.74) is 2.52. The number of nitrogens with zero attached hydrogens (tertiary/aromatic N) is 1. The van der Waals surface area contributed by atoms with Crippen LogP contribution in [-0.4, -0.2) is 16.2 Å². The third kappa shape index (κ3) is 2.46. The zero-order chi connectivity index (χ0) is 13.3. The average molecular weight is 310 g/mol.